The number of nitrogens with zero attached hydrogens (tertiary/aromatic N) is 2. The van der Waals surface area contributed by atoms with E-state index in [0.29, 0.717) is 0 Å². The predicted molar refractivity (Wildman–Crippen MR) is 79.9 cm³/mol. The van der Waals surface area contributed by atoms with Crippen LogP contribution in [0.3, 0.4) is 0 Å². The van der Waals surface area contributed by atoms with Crippen LogP contribution in [0, 0.1) is 11.3 Å². The van der Waals surface area contributed by atoms with Crippen molar-refractivity contribution >= 4 is 11.8 Å². The number of hydrogen-bond acceptors (Lipinski definition) is 3. The number of nitriles is 1. The summed E-state index contributed by atoms with van der Waals surface area (Å²) < 4.78 is 0. The first kappa shape index (κ1) is 15.1. The molecule has 3 heteroatoms. The van der Waals surface area contributed by atoms with Crippen molar-refractivity contribution < 1.29 is 0 Å². The molecule has 1 unspecified atom stereocenters. The summed E-state index contributed by atoms with van der Waals surface area (Å²) in [5.74, 6) is 2.02. The average molecular weight is 262 g/mol. The van der Waals surface area contributed by atoms with E-state index < -0.39 is 0 Å². The molecule has 0 saturated heterocycles. The van der Waals surface area contributed by atoms with Gasteiger partial charge in [0.1, 0.15) is 0 Å². The molecule has 0 aliphatic rings. The molecule has 98 valence electrons. The van der Waals surface area contributed by atoms with Gasteiger partial charge in [0.25, 0.3) is 0 Å². The number of rotatable bonds is 8. The first-order valence-electron chi connectivity index (χ1n) is 6.56. The maximum atomic E-state index is 9.21. The minimum Gasteiger partial charge on any atom is -0.303 e. The Bertz CT molecular complexity index is 355. The lowest BCUT2D eigenvalue weighted by atomic mass is 10.0. The zero-order valence-electron chi connectivity index (χ0n) is 11.3. The fourth-order valence-electron chi connectivity index (χ4n) is 1.83. The van der Waals surface area contributed by atoms with Gasteiger partial charge in [-0.1, -0.05) is 44.2 Å². The van der Waals surface area contributed by atoms with E-state index in [1.807, 2.05) is 42.1 Å². The van der Waals surface area contributed by atoms with E-state index in [4.69, 9.17) is 0 Å². The van der Waals surface area contributed by atoms with Crippen LogP contribution < -0.4 is 0 Å². The number of benzene rings is 1. The SMILES string of the molecule is CCN(CC)CCSCC(C#N)c1ccccc1. The van der Waals surface area contributed by atoms with Crippen molar-refractivity contribution in [3.8, 4) is 6.07 Å². The van der Waals surface area contributed by atoms with E-state index in [2.05, 4.69) is 24.8 Å². The van der Waals surface area contributed by atoms with Gasteiger partial charge in [0.05, 0.1) is 12.0 Å². The Hall–Kier alpha value is -0.980. The minimum atomic E-state index is 0.0212. The largest absolute Gasteiger partial charge is 0.303 e. The zero-order chi connectivity index (χ0) is 13.2. The molecule has 0 heterocycles. The molecule has 0 aromatic heterocycles. The summed E-state index contributed by atoms with van der Waals surface area (Å²) in [4.78, 5) is 2.41. The molecule has 0 aliphatic carbocycles. The van der Waals surface area contributed by atoms with Gasteiger partial charge in [-0.3, -0.25) is 0 Å². The molecule has 1 rings (SSSR count). The zero-order valence-corrected chi connectivity index (χ0v) is 12.1. The van der Waals surface area contributed by atoms with Gasteiger partial charge in [-0.25, -0.2) is 0 Å². The van der Waals surface area contributed by atoms with Gasteiger partial charge in [0.2, 0.25) is 0 Å². The smallest absolute Gasteiger partial charge is 0.0803 e. The molecular weight excluding hydrogens is 240 g/mol. The third-order valence-electron chi connectivity index (χ3n) is 3.09. The molecule has 1 atom stereocenters. The Morgan fingerprint density at radius 1 is 1.22 bits per heavy atom. The van der Waals surface area contributed by atoms with E-state index in [9.17, 15) is 5.26 Å². The van der Waals surface area contributed by atoms with E-state index in [1.165, 1.54) is 0 Å². The van der Waals surface area contributed by atoms with E-state index in [1.54, 1.807) is 0 Å². The molecule has 0 amide bonds. The van der Waals surface area contributed by atoms with Crippen molar-refractivity contribution in [1.82, 2.24) is 4.90 Å². The molecule has 0 saturated carbocycles. The van der Waals surface area contributed by atoms with Gasteiger partial charge < -0.3 is 4.90 Å². The van der Waals surface area contributed by atoms with Gasteiger partial charge >= 0.3 is 0 Å². The third-order valence-corrected chi connectivity index (χ3v) is 4.13. The molecule has 0 radical (unpaired) electrons. The maximum absolute atomic E-state index is 9.21. The molecule has 1 aromatic rings. The fourth-order valence-corrected chi connectivity index (χ4v) is 2.88. The molecule has 2 nitrogen and oxygen atoms in total. The Labute approximate surface area is 115 Å². The molecule has 0 aliphatic heterocycles. The van der Waals surface area contributed by atoms with Crippen LogP contribution in [0.5, 0.6) is 0 Å². The van der Waals surface area contributed by atoms with Crippen LogP contribution in [-0.2, 0) is 0 Å². The first-order valence-corrected chi connectivity index (χ1v) is 7.71. The van der Waals surface area contributed by atoms with Crippen LogP contribution in [-0.4, -0.2) is 36.0 Å². The average Bonchev–Trinajstić information content (AvgIpc) is 2.44. The van der Waals surface area contributed by atoms with Crippen molar-refractivity contribution in [2.45, 2.75) is 19.8 Å². The molecule has 0 N–H and O–H groups in total. The van der Waals surface area contributed by atoms with Gasteiger partial charge in [-0.05, 0) is 18.7 Å². The Morgan fingerprint density at radius 2 is 1.89 bits per heavy atom. The fraction of sp³-hybridized carbons (Fsp3) is 0.533. The van der Waals surface area contributed by atoms with Gasteiger partial charge in [-0.2, -0.15) is 17.0 Å². The second kappa shape index (κ2) is 9.02. The third kappa shape index (κ3) is 5.12. The lowest BCUT2D eigenvalue weighted by Gasteiger charge is -2.17. The second-order valence-corrected chi connectivity index (χ2v) is 5.34. The molecule has 18 heavy (non-hydrogen) atoms. The Morgan fingerprint density at radius 3 is 2.44 bits per heavy atom. The van der Waals surface area contributed by atoms with Crippen LogP contribution in [0.25, 0.3) is 0 Å². The molecule has 0 spiro atoms. The molecular formula is C15H22N2S. The maximum Gasteiger partial charge on any atom is 0.0803 e. The van der Waals surface area contributed by atoms with Gasteiger partial charge in [0, 0.05) is 18.1 Å². The highest BCUT2D eigenvalue weighted by atomic mass is 32.2. The van der Waals surface area contributed by atoms with Gasteiger partial charge in [0.15, 0.2) is 0 Å². The van der Waals surface area contributed by atoms with Crippen molar-refractivity contribution in [3.05, 3.63) is 35.9 Å². The minimum absolute atomic E-state index is 0.0212. The van der Waals surface area contributed by atoms with Crippen LogP contribution in [0.4, 0.5) is 0 Å². The Kier molecular flexibility index (Phi) is 7.55. The lowest BCUT2D eigenvalue weighted by Crippen LogP contribution is -2.25. The van der Waals surface area contributed by atoms with Crippen molar-refractivity contribution in [3.63, 3.8) is 0 Å². The van der Waals surface area contributed by atoms with E-state index >= 15 is 0 Å². The highest BCUT2D eigenvalue weighted by Crippen LogP contribution is 2.19. The summed E-state index contributed by atoms with van der Waals surface area (Å²) in [6.45, 7) is 7.71. The van der Waals surface area contributed by atoms with Gasteiger partial charge in [-0.15, -0.1) is 0 Å². The topological polar surface area (TPSA) is 27.0 Å². The highest BCUT2D eigenvalue weighted by Gasteiger charge is 2.10. The summed E-state index contributed by atoms with van der Waals surface area (Å²) in [5, 5.41) is 9.21. The van der Waals surface area contributed by atoms with E-state index in [0.717, 1.165) is 36.7 Å². The van der Waals surface area contributed by atoms with Crippen LogP contribution in [0.15, 0.2) is 30.3 Å². The molecule has 0 fully saturated rings. The monoisotopic (exact) mass is 262 g/mol. The van der Waals surface area contributed by atoms with Crippen molar-refractivity contribution in [1.29, 1.82) is 5.26 Å². The van der Waals surface area contributed by atoms with Crippen LogP contribution in [0.2, 0.25) is 0 Å². The molecule has 0 bridgehead atoms. The quantitative estimate of drug-likeness (QED) is 0.672. The molecule has 1 aromatic carbocycles. The standard InChI is InChI=1S/C15H22N2S/c1-3-17(4-2)10-11-18-13-15(12-16)14-8-6-5-7-9-14/h5-9,15H,3-4,10-11,13H2,1-2H3. The summed E-state index contributed by atoms with van der Waals surface area (Å²) in [5.41, 5.74) is 1.13. The Balaban J connectivity index is 2.31. The summed E-state index contributed by atoms with van der Waals surface area (Å²) in [6.07, 6.45) is 0. The van der Waals surface area contributed by atoms with Crippen molar-refractivity contribution in [2.75, 3.05) is 31.1 Å². The van der Waals surface area contributed by atoms with Crippen LogP contribution >= 0.6 is 11.8 Å². The van der Waals surface area contributed by atoms with Crippen LogP contribution in [0.1, 0.15) is 25.3 Å². The number of hydrogen-bond donors (Lipinski definition) is 0. The number of thioether (sulfide) groups is 1. The highest BCUT2D eigenvalue weighted by molar-refractivity contribution is 7.99. The second-order valence-electron chi connectivity index (χ2n) is 4.19. The van der Waals surface area contributed by atoms with E-state index in [-0.39, 0.29) is 5.92 Å². The summed E-state index contributed by atoms with van der Waals surface area (Å²) in [7, 11) is 0. The summed E-state index contributed by atoms with van der Waals surface area (Å²) >= 11 is 1.88. The summed E-state index contributed by atoms with van der Waals surface area (Å²) in [6, 6.07) is 12.5. The first-order chi connectivity index (χ1) is 8.81. The van der Waals surface area contributed by atoms with Crippen molar-refractivity contribution in [2.24, 2.45) is 0 Å². The lowest BCUT2D eigenvalue weighted by molar-refractivity contribution is 0.324. The normalized spacial score (nSPS) is 12.3. The predicted octanol–water partition coefficient (Wildman–Crippen LogP) is 3.37.